The molecule has 2 heterocycles. The minimum atomic E-state index is -0.390. The van der Waals surface area contributed by atoms with Crippen LogP contribution in [-0.2, 0) is 6.54 Å². The molecule has 1 fully saturated rings. The minimum Gasteiger partial charge on any atom is -0.333 e. The standard InChI is InChI=1S/C19H26N4O2/c1-12(2)17-15(9-16-19(25)21-13(3)18(24)22-16)20-11-23(17)10-14-7-5-4-6-8-14/h9,11-12,14H,3-8,10H2,1-2H3,(H,21,25)(H,22,24). The number of rotatable bonds is 4. The van der Waals surface area contributed by atoms with Crippen molar-refractivity contribution in [3.8, 4) is 0 Å². The number of hydrogen-bond acceptors (Lipinski definition) is 3. The Labute approximate surface area is 146 Å². The normalized spacial score (nSPS) is 16.7. The van der Waals surface area contributed by atoms with Crippen molar-refractivity contribution in [2.45, 2.75) is 58.4 Å². The Kier molecular flexibility index (Phi) is 5.06. The molecule has 0 amide bonds. The number of aromatic nitrogens is 4. The van der Waals surface area contributed by atoms with E-state index in [0.717, 1.165) is 17.9 Å². The maximum atomic E-state index is 12.1. The molecule has 6 nitrogen and oxygen atoms in total. The molecule has 25 heavy (non-hydrogen) atoms. The summed E-state index contributed by atoms with van der Waals surface area (Å²) in [6, 6.07) is 0. The molecule has 6 heteroatoms. The average molecular weight is 342 g/mol. The second kappa shape index (κ2) is 7.25. The second-order valence-electron chi connectivity index (χ2n) is 7.27. The van der Waals surface area contributed by atoms with Gasteiger partial charge in [-0.3, -0.25) is 9.59 Å². The average Bonchev–Trinajstić information content (AvgIpc) is 2.96. The molecular weight excluding hydrogens is 316 g/mol. The van der Waals surface area contributed by atoms with Gasteiger partial charge in [-0.25, -0.2) is 4.98 Å². The van der Waals surface area contributed by atoms with Gasteiger partial charge in [0.25, 0.3) is 11.1 Å². The van der Waals surface area contributed by atoms with Crippen LogP contribution < -0.4 is 21.8 Å². The monoisotopic (exact) mass is 342 g/mol. The highest BCUT2D eigenvalue weighted by molar-refractivity contribution is 5.47. The largest absolute Gasteiger partial charge is 0.333 e. The van der Waals surface area contributed by atoms with Gasteiger partial charge in [-0.05, 0) is 30.8 Å². The molecule has 2 N–H and O–H groups in total. The van der Waals surface area contributed by atoms with Gasteiger partial charge in [0.2, 0.25) is 0 Å². The molecule has 0 atom stereocenters. The topological polar surface area (TPSA) is 83.5 Å². The quantitative estimate of drug-likeness (QED) is 0.876. The van der Waals surface area contributed by atoms with Crippen LogP contribution in [0.5, 0.6) is 0 Å². The van der Waals surface area contributed by atoms with Gasteiger partial charge in [0.05, 0.1) is 17.4 Å². The van der Waals surface area contributed by atoms with E-state index in [9.17, 15) is 9.59 Å². The van der Waals surface area contributed by atoms with Gasteiger partial charge in [0.1, 0.15) is 5.35 Å². The molecule has 134 valence electrons. The lowest BCUT2D eigenvalue weighted by molar-refractivity contribution is 0.315. The van der Waals surface area contributed by atoms with Gasteiger partial charge in [-0.15, -0.1) is 0 Å². The fourth-order valence-electron chi connectivity index (χ4n) is 3.69. The molecule has 0 aromatic carbocycles. The number of imidazole rings is 1. The number of hydrogen-bond donors (Lipinski definition) is 2. The van der Waals surface area contributed by atoms with Crippen LogP contribution in [0, 0.1) is 5.92 Å². The van der Waals surface area contributed by atoms with E-state index >= 15 is 0 Å². The summed E-state index contributed by atoms with van der Waals surface area (Å²) >= 11 is 0. The fourth-order valence-corrected chi connectivity index (χ4v) is 3.69. The van der Waals surface area contributed by atoms with Crippen LogP contribution in [0.4, 0.5) is 0 Å². The number of H-pyrrole nitrogens is 2. The lowest BCUT2D eigenvalue weighted by Crippen LogP contribution is -2.46. The lowest BCUT2D eigenvalue weighted by atomic mass is 9.89. The van der Waals surface area contributed by atoms with Crippen molar-refractivity contribution in [1.29, 1.82) is 0 Å². The van der Waals surface area contributed by atoms with Crippen LogP contribution in [0.1, 0.15) is 63.3 Å². The van der Waals surface area contributed by atoms with E-state index in [1.165, 1.54) is 32.1 Å². The first-order chi connectivity index (χ1) is 12.0. The highest BCUT2D eigenvalue weighted by atomic mass is 16.1. The van der Waals surface area contributed by atoms with Gasteiger partial charge >= 0.3 is 0 Å². The molecule has 3 rings (SSSR count). The lowest BCUT2D eigenvalue weighted by Gasteiger charge is -2.23. The Bertz CT molecular complexity index is 959. The van der Waals surface area contributed by atoms with E-state index in [4.69, 9.17) is 0 Å². The summed E-state index contributed by atoms with van der Waals surface area (Å²) in [5.74, 6) is 0.970. The Hall–Kier alpha value is -2.37. The van der Waals surface area contributed by atoms with Crippen molar-refractivity contribution in [3.05, 3.63) is 49.1 Å². The molecule has 1 saturated carbocycles. The summed E-state index contributed by atoms with van der Waals surface area (Å²) in [6.07, 6.45) is 10.0. The zero-order valence-corrected chi connectivity index (χ0v) is 15.0. The molecule has 0 aliphatic heterocycles. The molecular formula is C19H26N4O2. The smallest absolute Gasteiger partial charge is 0.272 e. The number of nitrogens with one attached hydrogen (secondary N) is 2. The first kappa shape index (κ1) is 17.5. The Morgan fingerprint density at radius 1 is 1.24 bits per heavy atom. The molecule has 0 saturated heterocycles. The van der Waals surface area contributed by atoms with Crippen molar-refractivity contribution in [3.63, 3.8) is 0 Å². The first-order valence-electron chi connectivity index (χ1n) is 9.04. The summed E-state index contributed by atoms with van der Waals surface area (Å²) in [5, 5.41) is 0.274. The molecule has 0 bridgehead atoms. The zero-order valence-electron chi connectivity index (χ0n) is 15.0. The third-order valence-corrected chi connectivity index (χ3v) is 4.95. The molecule has 0 unspecified atom stereocenters. The highest BCUT2D eigenvalue weighted by Crippen LogP contribution is 2.27. The van der Waals surface area contributed by atoms with Gasteiger partial charge in [0.15, 0.2) is 0 Å². The molecule has 0 spiro atoms. The second-order valence-corrected chi connectivity index (χ2v) is 7.27. The van der Waals surface area contributed by atoms with Gasteiger partial charge in [-0.1, -0.05) is 39.7 Å². The Morgan fingerprint density at radius 2 is 1.96 bits per heavy atom. The van der Waals surface area contributed by atoms with Gasteiger partial charge in [0, 0.05) is 12.2 Å². The predicted octanol–water partition coefficient (Wildman–Crippen LogP) is 1.20. The summed E-state index contributed by atoms with van der Waals surface area (Å²) in [7, 11) is 0. The molecule has 2 aromatic rings. The van der Waals surface area contributed by atoms with E-state index in [2.05, 4.69) is 39.9 Å². The third-order valence-electron chi connectivity index (χ3n) is 4.95. The summed E-state index contributed by atoms with van der Waals surface area (Å²) in [4.78, 5) is 33.4. The fraction of sp³-hybridized carbons (Fsp3) is 0.526. The molecule has 1 aliphatic carbocycles. The van der Waals surface area contributed by atoms with Gasteiger partial charge < -0.3 is 14.5 Å². The third kappa shape index (κ3) is 3.83. The first-order valence-corrected chi connectivity index (χ1v) is 9.04. The molecule has 1 aliphatic rings. The van der Waals surface area contributed by atoms with Crippen LogP contribution >= 0.6 is 0 Å². The van der Waals surface area contributed by atoms with Crippen LogP contribution in [-0.4, -0.2) is 19.5 Å². The summed E-state index contributed by atoms with van der Waals surface area (Å²) in [5.41, 5.74) is 1.09. The van der Waals surface area contributed by atoms with Crippen LogP contribution in [0.2, 0.25) is 0 Å². The van der Waals surface area contributed by atoms with E-state index < -0.39 is 5.56 Å². The summed E-state index contributed by atoms with van der Waals surface area (Å²) in [6.45, 7) is 8.73. The molecule has 0 radical (unpaired) electrons. The molecule has 2 aromatic heterocycles. The van der Waals surface area contributed by atoms with Crippen molar-refractivity contribution >= 4 is 12.7 Å². The highest BCUT2D eigenvalue weighted by Gasteiger charge is 2.18. The van der Waals surface area contributed by atoms with Crippen molar-refractivity contribution in [2.24, 2.45) is 5.92 Å². The SMILES string of the molecule is C=c1[nH]c(=O)c(=Cc2ncn(CC3CCCCC3)c2C(C)C)[nH]c1=O. The van der Waals surface area contributed by atoms with E-state index in [1.54, 1.807) is 6.08 Å². The van der Waals surface area contributed by atoms with Crippen LogP contribution in [0.25, 0.3) is 12.7 Å². The van der Waals surface area contributed by atoms with E-state index in [0.29, 0.717) is 5.92 Å². The minimum absolute atomic E-state index is 0.0639. The van der Waals surface area contributed by atoms with Crippen molar-refractivity contribution in [2.75, 3.05) is 0 Å². The Balaban J connectivity index is 2.01. The maximum Gasteiger partial charge on any atom is 0.272 e. The predicted molar refractivity (Wildman–Crippen MR) is 98.9 cm³/mol. The maximum absolute atomic E-state index is 12.1. The Morgan fingerprint density at radius 3 is 2.64 bits per heavy atom. The van der Waals surface area contributed by atoms with E-state index in [-0.39, 0.29) is 22.2 Å². The summed E-state index contributed by atoms with van der Waals surface area (Å²) < 4.78 is 2.22. The van der Waals surface area contributed by atoms with Crippen LogP contribution in [0.15, 0.2) is 15.9 Å². The number of nitrogens with zero attached hydrogens (tertiary/aromatic N) is 2. The number of aromatic amines is 2. The van der Waals surface area contributed by atoms with Crippen molar-refractivity contribution in [1.82, 2.24) is 19.5 Å². The zero-order chi connectivity index (χ0) is 18.0. The van der Waals surface area contributed by atoms with Crippen LogP contribution in [0.3, 0.4) is 0 Å². The van der Waals surface area contributed by atoms with E-state index in [1.807, 2.05) is 6.33 Å². The van der Waals surface area contributed by atoms with Crippen molar-refractivity contribution < 1.29 is 0 Å². The van der Waals surface area contributed by atoms with Gasteiger partial charge in [-0.2, -0.15) is 0 Å².